The summed E-state index contributed by atoms with van der Waals surface area (Å²) in [6.07, 6.45) is 2.63. The first-order valence-corrected chi connectivity index (χ1v) is 5.03. The molecule has 1 aromatic rings. The van der Waals surface area contributed by atoms with Crippen molar-refractivity contribution in [1.29, 1.82) is 0 Å². The molecule has 7 heteroatoms. The van der Waals surface area contributed by atoms with Crippen LogP contribution in [0.3, 0.4) is 0 Å². The van der Waals surface area contributed by atoms with Crippen LogP contribution in [0.15, 0.2) is 18.9 Å². The summed E-state index contributed by atoms with van der Waals surface area (Å²) in [5.41, 5.74) is 0. The van der Waals surface area contributed by atoms with E-state index in [-0.39, 0.29) is 5.82 Å². The Morgan fingerprint density at radius 2 is 2.53 bits per heavy atom. The lowest BCUT2D eigenvalue weighted by Gasteiger charge is -1.98. The number of carbonyl (C=O) groups excluding carboxylic acids is 1. The number of aryl methyl sites for hydroxylation is 1. The summed E-state index contributed by atoms with van der Waals surface area (Å²) in [6.45, 7) is 5.00. The molecule has 0 aliphatic heterocycles. The highest BCUT2D eigenvalue weighted by Crippen LogP contribution is 2.18. The van der Waals surface area contributed by atoms with Crippen LogP contribution in [-0.4, -0.2) is 25.5 Å². The first-order valence-electron chi connectivity index (χ1n) is 4.04. The fraction of sp³-hybridized carbons (Fsp3) is 0.250. The molecule has 0 aliphatic carbocycles. The van der Waals surface area contributed by atoms with Gasteiger partial charge in [-0.15, -0.1) is 11.1 Å². The van der Waals surface area contributed by atoms with E-state index in [1.54, 1.807) is 13.0 Å². The third kappa shape index (κ3) is 2.44. The molecule has 15 heavy (non-hydrogen) atoms. The molecular weight excluding hydrogens is 218 g/mol. The van der Waals surface area contributed by atoms with E-state index in [2.05, 4.69) is 11.6 Å². The Morgan fingerprint density at radius 1 is 1.87 bits per heavy atom. The Labute approximate surface area is 90.1 Å². The molecule has 0 aliphatic rings. The molecule has 80 valence electrons. The molecule has 0 atom stereocenters. The van der Waals surface area contributed by atoms with Gasteiger partial charge in [0.1, 0.15) is 6.20 Å². The van der Waals surface area contributed by atoms with Gasteiger partial charge in [-0.2, -0.15) is 0 Å². The molecule has 6 nitrogen and oxygen atoms in total. The summed E-state index contributed by atoms with van der Waals surface area (Å²) in [5, 5.41) is 10.2. The van der Waals surface area contributed by atoms with Crippen LogP contribution in [0.5, 0.6) is 0 Å². The second-order valence-electron chi connectivity index (χ2n) is 2.62. The SMILES string of the molecule is C=CCSC(=O)n1c([N+](=O)[O-])cnc1C. The zero-order chi connectivity index (χ0) is 11.4. The Kier molecular flexibility index (Phi) is 3.62. The van der Waals surface area contributed by atoms with Gasteiger partial charge in [0.2, 0.25) is 5.82 Å². The number of hydrogen-bond donors (Lipinski definition) is 0. The van der Waals surface area contributed by atoms with E-state index in [0.717, 1.165) is 22.5 Å². The molecule has 0 saturated carbocycles. The quantitative estimate of drug-likeness (QED) is 0.448. The lowest BCUT2D eigenvalue weighted by Crippen LogP contribution is -2.10. The van der Waals surface area contributed by atoms with Gasteiger partial charge in [-0.3, -0.25) is 0 Å². The van der Waals surface area contributed by atoms with Gasteiger partial charge in [-0.05, 0) is 16.7 Å². The molecule has 1 rings (SSSR count). The van der Waals surface area contributed by atoms with E-state index in [1.165, 1.54) is 0 Å². The minimum Gasteiger partial charge on any atom is -0.358 e. The first-order chi connectivity index (χ1) is 7.07. The van der Waals surface area contributed by atoms with E-state index < -0.39 is 10.2 Å². The number of nitro groups is 1. The number of thioether (sulfide) groups is 1. The maximum Gasteiger partial charge on any atom is 0.376 e. The van der Waals surface area contributed by atoms with Crippen LogP contribution in [0.25, 0.3) is 0 Å². The van der Waals surface area contributed by atoms with Crippen LogP contribution in [0.4, 0.5) is 10.6 Å². The summed E-state index contributed by atoms with van der Waals surface area (Å²) in [6, 6.07) is 0. The van der Waals surface area contributed by atoms with Crippen LogP contribution in [0, 0.1) is 17.0 Å². The maximum atomic E-state index is 11.5. The average molecular weight is 227 g/mol. The van der Waals surface area contributed by atoms with Crippen LogP contribution in [0.1, 0.15) is 5.82 Å². The number of aromatic nitrogens is 2. The number of rotatable bonds is 3. The van der Waals surface area contributed by atoms with E-state index in [4.69, 9.17) is 0 Å². The molecular formula is C8H9N3O3S. The summed E-state index contributed by atoms with van der Waals surface area (Å²) in [7, 11) is 0. The molecule has 0 saturated heterocycles. The van der Waals surface area contributed by atoms with Crippen molar-refractivity contribution in [2.75, 3.05) is 5.75 Å². The molecule has 1 aromatic heterocycles. The van der Waals surface area contributed by atoms with Crippen molar-refractivity contribution < 1.29 is 9.72 Å². The molecule has 0 radical (unpaired) electrons. The van der Waals surface area contributed by atoms with Gasteiger partial charge in [-0.25, -0.2) is 9.78 Å². The fourth-order valence-electron chi connectivity index (χ4n) is 0.982. The predicted molar refractivity (Wildman–Crippen MR) is 57.1 cm³/mol. The lowest BCUT2D eigenvalue weighted by molar-refractivity contribution is -0.390. The van der Waals surface area contributed by atoms with Crippen molar-refractivity contribution in [2.45, 2.75) is 6.92 Å². The van der Waals surface area contributed by atoms with Crippen molar-refractivity contribution in [3.05, 3.63) is 34.8 Å². The van der Waals surface area contributed by atoms with Crippen molar-refractivity contribution in [2.24, 2.45) is 0 Å². The summed E-state index contributed by atoms with van der Waals surface area (Å²) < 4.78 is 0.980. The third-order valence-corrected chi connectivity index (χ3v) is 2.45. The average Bonchev–Trinajstić information content (AvgIpc) is 2.56. The molecule has 0 spiro atoms. The Bertz CT molecular complexity index is 413. The van der Waals surface area contributed by atoms with Crippen molar-refractivity contribution >= 4 is 22.8 Å². The van der Waals surface area contributed by atoms with Crippen LogP contribution < -0.4 is 0 Å². The number of carbonyl (C=O) groups is 1. The number of imidazole rings is 1. The minimum absolute atomic E-state index is 0.309. The molecule has 0 aromatic carbocycles. The minimum atomic E-state index is -0.633. The molecule has 0 amide bonds. The van der Waals surface area contributed by atoms with Gasteiger partial charge in [0, 0.05) is 12.7 Å². The first kappa shape index (κ1) is 11.4. The molecule has 0 bridgehead atoms. The van der Waals surface area contributed by atoms with Crippen LogP contribution in [0.2, 0.25) is 0 Å². The third-order valence-electron chi connectivity index (χ3n) is 1.61. The number of hydrogen-bond acceptors (Lipinski definition) is 5. The summed E-state index contributed by atoms with van der Waals surface area (Å²) in [4.78, 5) is 25.2. The molecule has 1 heterocycles. The van der Waals surface area contributed by atoms with E-state index in [0.29, 0.717) is 11.6 Å². The van der Waals surface area contributed by atoms with Gasteiger partial charge in [-0.1, -0.05) is 6.08 Å². The maximum absolute atomic E-state index is 11.5. The standard InChI is InChI=1S/C8H9N3O3S/c1-3-4-15-8(12)10-6(2)9-5-7(10)11(13)14/h3,5H,1,4H2,2H3. The number of nitrogens with zero attached hydrogens (tertiary/aromatic N) is 3. The normalized spacial score (nSPS) is 9.93. The summed E-state index contributed by atoms with van der Waals surface area (Å²) in [5.74, 6) is 0.408. The topological polar surface area (TPSA) is 78.0 Å². The zero-order valence-electron chi connectivity index (χ0n) is 8.04. The van der Waals surface area contributed by atoms with Gasteiger partial charge in [0.25, 0.3) is 0 Å². The fourth-order valence-corrected chi connectivity index (χ4v) is 1.60. The highest BCUT2D eigenvalue weighted by molar-refractivity contribution is 8.13. The molecule has 0 unspecified atom stereocenters. The second kappa shape index (κ2) is 4.74. The van der Waals surface area contributed by atoms with Gasteiger partial charge >= 0.3 is 11.1 Å². The second-order valence-corrected chi connectivity index (χ2v) is 3.59. The Morgan fingerprint density at radius 3 is 3.07 bits per heavy atom. The molecule has 0 N–H and O–H groups in total. The highest BCUT2D eigenvalue weighted by atomic mass is 32.2. The largest absolute Gasteiger partial charge is 0.376 e. The van der Waals surface area contributed by atoms with E-state index in [9.17, 15) is 14.9 Å². The van der Waals surface area contributed by atoms with E-state index >= 15 is 0 Å². The summed E-state index contributed by atoms with van der Waals surface area (Å²) >= 11 is 0.941. The van der Waals surface area contributed by atoms with Crippen LogP contribution >= 0.6 is 11.8 Å². The lowest BCUT2D eigenvalue weighted by atomic mass is 10.7. The molecule has 0 fully saturated rings. The Balaban J connectivity index is 3.00. The Hall–Kier alpha value is -1.63. The van der Waals surface area contributed by atoms with Crippen molar-refractivity contribution in [1.82, 2.24) is 9.55 Å². The monoisotopic (exact) mass is 227 g/mol. The van der Waals surface area contributed by atoms with Crippen molar-refractivity contribution in [3.63, 3.8) is 0 Å². The zero-order valence-corrected chi connectivity index (χ0v) is 8.86. The van der Waals surface area contributed by atoms with Crippen LogP contribution in [-0.2, 0) is 0 Å². The van der Waals surface area contributed by atoms with Crippen molar-refractivity contribution in [3.8, 4) is 0 Å². The predicted octanol–water partition coefficient (Wildman–Crippen LogP) is 1.99. The van der Waals surface area contributed by atoms with Gasteiger partial charge in [0.15, 0.2) is 0 Å². The highest BCUT2D eigenvalue weighted by Gasteiger charge is 2.24. The van der Waals surface area contributed by atoms with E-state index in [1.807, 2.05) is 0 Å². The van der Waals surface area contributed by atoms with Gasteiger partial charge in [0.05, 0.1) is 0 Å². The smallest absolute Gasteiger partial charge is 0.358 e. The van der Waals surface area contributed by atoms with Gasteiger partial charge < -0.3 is 10.1 Å².